The van der Waals surface area contributed by atoms with E-state index in [0.717, 1.165) is 15.8 Å². The third kappa shape index (κ3) is 5.29. The van der Waals surface area contributed by atoms with E-state index in [9.17, 15) is 9.59 Å². The Morgan fingerprint density at radius 2 is 1.78 bits per heavy atom. The molecule has 3 rings (SSSR count). The molecule has 0 spiro atoms. The van der Waals surface area contributed by atoms with Crippen molar-refractivity contribution in [1.82, 2.24) is 4.98 Å². The van der Waals surface area contributed by atoms with E-state index < -0.39 is 6.03 Å². The van der Waals surface area contributed by atoms with Crippen LogP contribution in [0.5, 0.6) is 0 Å². The molecule has 2 aromatic carbocycles. The number of aryl methyl sites for hydroxylation is 1. The highest BCUT2D eigenvalue weighted by Crippen LogP contribution is 2.25. The maximum absolute atomic E-state index is 12.5. The minimum absolute atomic E-state index is 0.283. The van der Waals surface area contributed by atoms with Gasteiger partial charge in [-0.05, 0) is 49.4 Å². The van der Waals surface area contributed by atoms with Gasteiger partial charge in [-0.2, -0.15) is 0 Å². The molecule has 0 aliphatic heterocycles. The Labute approximate surface area is 173 Å². The lowest BCUT2D eigenvalue weighted by molar-refractivity contribution is 0.103. The molecule has 0 aliphatic carbocycles. The zero-order chi connectivity index (χ0) is 19.4. The second-order valence-electron chi connectivity index (χ2n) is 5.48. The Bertz CT molecular complexity index is 991. The Balaban J connectivity index is 1.65. The number of hydrogen-bond acceptors (Lipinski definition) is 4. The normalized spacial score (nSPS) is 10.3. The number of hydrogen-bond donors (Lipinski definition) is 3. The minimum atomic E-state index is -0.454. The number of anilines is 3. The maximum Gasteiger partial charge on any atom is 0.325 e. The molecule has 0 unspecified atom stereocenters. The van der Waals surface area contributed by atoms with Gasteiger partial charge in [0.25, 0.3) is 5.91 Å². The van der Waals surface area contributed by atoms with Crippen molar-refractivity contribution in [2.24, 2.45) is 0 Å². The van der Waals surface area contributed by atoms with E-state index in [1.54, 1.807) is 43.3 Å². The molecule has 0 fully saturated rings. The van der Waals surface area contributed by atoms with Gasteiger partial charge < -0.3 is 10.6 Å². The van der Waals surface area contributed by atoms with Crippen LogP contribution < -0.4 is 16.0 Å². The van der Waals surface area contributed by atoms with Crippen LogP contribution in [0.4, 0.5) is 21.3 Å². The topological polar surface area (TPSA) is 83.1 Å². The summed E-state index contributed by atoms with van der Waals surface area (Å²) >= 11 is 10.3. The first-order chi connectivity index (χ1) is 12.9. The summed E-state index contributed by atoms with van der Waals surface area (Å²) in [4.78, 5) is 29.2. The van der Waals surface area contributed by atoms with E-state index >= 15 is 0 Å². The standard InChI is InChI=1S/C18H14BrClN4O2S/c1-10-15(16(25)22-14-4-2-3-11(19)9-14)27-18(21-10)24-17(26)23-13-7-5-12(20)6-8-13/h2-9H,1H3,(H,22,25)(H2,21,23,24,26). The summed E-state index contributed by atoms with van der Waals surface area (Å²) in [6.45, 7) is 1.72. The molecule has 0 atom stereocenters. The third-order valence-electron chi connectivity index (χ3n) is 3.41. The van der Waals surface area contributed by atoms with E-state index in [0.29, 0.717) is 32.1 Å². The van der Waals surface area contributed by atoms with Crippen LogP contribution in [0.3, 0.4) is 0 Å². The second-order valence-corrected chi connectivity index (χ2v) is 7.84. The average Bonchev–Trinajstić information content (AvgIpc) is 2.97. The van der Waals surface area contributed by atoms with Crippen LogP contribution in [0.1, 0.15) is 15.4 Å². The van der Waals surface area contributed by atoms with Gasteiger partial charge in [-0.3, -0.25) is 10.1 Å². The van der Waals surface area contributed by atoms with Crippen LogP contribution in [0.25, 0.3) is 0 Å². The molecule has 9 heteroatoms. The number of thiazole rings is 1. The Hall–Kier alpha value is -2.42. The highest BCUT2D eigenvalue weighted by atomic mass is 79.9. The monoisotopic (exact) mass is 464 g/mol. The number of aromatic nitrogens is 1. The van der Waals surface area contributed by atoms with Crippen molar-refractivity contribution in [1.29, 1.82) is 0 Å². The van der Waals surface area contributed by atoms with E-state index in [4.69, 9.17) is 11.6 Å². The Morgan fingerprint density at radius 3 is 2.48 bits per heavy atom. The number of urea groups is 1. The molecule has 6 nitrogen and oxygen atoms in total. The van der Waals surface area contributed by atoms with Gasteiger partial charge in [0.05, 0.1) is 5.69 Å². The average molecular weight is 466 g/mol. The van der Waals surface area contributed by atoms with Gasteiger partial charge in [-0.1, -0.05) is 44.9 Å². The van der Waals surface area contributed by atoms with Crippen LogP contribution in [-0.2, 0) is 0 Å². The lowest BCUT2D eigenvalue weighted by Crippen LogP contribution is -2.19. The Kier molecular flexibility index (Phi) is 6.10. The van der Waals surface area contributed by atoms with Crippen molar-refractivity contribution in [2.75, 3.05) is 16.0 Å². The molecule has 1 aromatic heterocycles. The minimum Gasteiger partial charge on any atom is -0.321 e. The molecule has 0 aliphatic rings. The number of carbonyl (C=O) groups excluding carboxylic acids is 2. The first kappa shape index (κ1) is 19.3. The van der Waals surface area contributed by atoms with Gasteiger partial charge >= 0.3 is 6.03 Å². The van der Waals surface area contributed by atoms with Crippen LogP contribution in [0.2, 0.25) is 5.02 Å². The number of nitrogens with one attached hydrogen (secondary N) is 3. The predicted octanol–water partition coefficient (Wildman–Crippen LogP) is 5.76. The highest BCUT2D eigenvalue weighted by molar-refractivity contribution is 9.10. The van der Waals surface area contributed by atoms with E-state index in [2.05, 4.69) is 36.9 Å². The summed E-state index contributed by atoms with van der Waals surface area (Å²) in [6.07, 6.45) is 0. The largest absolute Gasteiger partial charge is 0.325 e. The molecule has 3 N–H and O–H groups in total. The number of rotatable bonds is 4. The van der Waals surface area contributed by atoms with Gasteiger partial charge in [0.15, 0.2) is 5.13 Å². The molecule has 138 valence electrons. The summed E-state index contributed by atoms with van der Waals surface area (Å²) in [5, 5.41) is 9.03. The lowest BCUT2D eigenvalue weighted by Gasteiger charge is -2.05. The number of benzene rings is 2. The van der Waals surface area contributed by atoms with Gasteiger partial charge in [0.2, 0.25) is 0 Å². The molecule has 0 bridgehead atoms. The first-order valence-electron chi connectivity index (χ1n) is 7.78. The summed E-state index contributed by atoms with van der Waals surface area (Å²) in [6, 6.07) is 13.6. The van der Waals surface area contributed by atoms with Gasteiger partial charge in [-0.25, -0.2) is 9.78 Å². The van der Waals surface area contributed by atoms with Crippen LogP contribution in [0, 0.1) is 6.92 Å². The summed E-state index contributed by atoms with van der Waals surface area (Å²) in [5.74, 6) is -0.283. The smallest absolute Gasteiger partial charge is 0.321 e. The Morgan fingerprint density at radius 1 is 1.04 bits per heavy atom. The van der Waals surface area contributed by atoms with Gasteiger partial charge in [0.1, 0.15) is 4.88 Å². The lowest BCUT2D eigenvalue weighted by atomic mass is 10.3. The number of halogens is 2. The predicted molar refractivity (Wildman–Crippen MR) is 113 cm³/mol. The van der Waals surface area contributed by atoms with Crippen molar-refractivity contribution in [2.45, 2.75) is 6.92 Å². The molecular weight excluding hydrogens is 452 g/mol. The molecule has 0 radical (unpaired) electrons. The fraction of sp³-hybridized carbons (Fsp3) is 0.0556. The zero-order valence-electron chi connectivity index (χ0n) is 14.0. The molecule has 1 heterocycles. The van der Waals surface area contributed by atoms with Gasteiger partial charge in [0, 0.05) is 20.9 Å². The zero-order valence-corrected chi connectivity index (χ0v) is 17.2. The quantitative estimate of drug-likeness (QED) is 0.458. The molecule has 3 amide bonds. The van der Waals surface area contributed by atoms with Crippen molar-refractivity contribution < 1.29 is 9.59 Å². The molecule has 3 aromatic rings. The maximum atomic E-state index is 12.5. The highest BCUT2D eigenvalue weighted by Gasteiger charge is 2.17. The van der Waals surface area contributed by atoms with Crippen LogP contribution in [-0.4, -0.2) is 16.9 Å². The molecule has 27 heavy (non-hydrogen) atoms. The first-order valence-corrected chi connectivity index (χ1v) is 9.77. The van der Waals surface area contributed by atoms with E-state index in [1.807, 2.05) is 12.1 Å². The van der Waals surface area contributed by atoms with Crippen LogP contribution >= 0.6 is 38.9 Å². The third-order valence-corrected chi connectivity index (χ3v) is 5.22. The van der Waals surface area contributed by atoms with Crippen molar-refractivity contribution >= 4 is 67.3 Å². The number of nitrogens with zero attached hydrogens (tertiary/aromatic N) is 1. The second kappa shape index (κ2) is 8.51. The molecular formula is C18H14BrClN4O2S. The number of carbonyl (C=O) groups is 2. The SMILES string of the molecule is Cc1nc(NC(=O)Nc2ccc(Cl)cc2)sc1C(=O)Nc1cccc(Br)c1. The fourth-order valence-corrected chi connectivity index (χ4v) is 3.59. The summed E-state index contributed by atoms with van der Waals surface area (Å²) in [5.41, 5.74) is 1.80. The molecule has 0 saturated carbocycles. The van der Waals surface area contributed by atoms with Crippen molar-refractivity contribution in [3.63, 3.8) is 0 Å². The van der Waals surface area contributed by atoms with Crippen LogP contribution in [0.15, 0.2) is 53.0 Å². The molecule has 0 saturated heterocycles. The van der Waals surface area contributed by atoms with Crippen molar-refractivity contribution in [3.05, 3.63) is 68.6 Å². The van der Waals surface area contributed by atoms with Crippen molar-refractivity contribution in [3.8, 4) is 0 Å². The van der Waals surface area contributed by atoms with E-state index in [1.165, 1.54) is 0 Å². The van der Waals surface area contributed by atoms with Gasteiger partial charge in [-0.15, -0.1) is 0 Å². The number of amides is 3. The van der Waals surface area contributed by atoms with E-state index in [-0.39, 0.29) is 5.91 Å². The summed E-state index contributed by atoms with van der Waals surface area (Å²) < 4.78 is 0.863. The fourth-order valence-electron chi connectivity index (χ4n) is 2.21. The summed E-state index contributed by atoms with van der Waals surface area (Å²) in [7, 11) is 0.